The summed E-state index contributed by atoms with van der Waals surface area (Å²) in [7, 11) is 0. The van der Waals surface area contributed by atoms with Gasteiger partial charge in [-0.3, -0.25) is 4.79 Å². The third kappa shape index (κ3) is 2.57. The van der Waals surface area contributed by atoms with E-state index in [4.69, 9.17) is 9.47 Å². The van der Waals surface area contributed by atoms with E-state index >= 15 is 0 Å². The van der Waals surface area contributed by atoms with Crippen LogP contribution in [0, 0.1) is 0 Å². The van der Waals surface area contributed by atoms with Crippen molar-refractivity contribution in [1.29, 1.82) is 0 Å². The van der Waals surface area contributed by atoms with Gasteiger partial charge in [-0.1, -0.05) is 12.1 Å². The molecular weight excluding hydrogens is 328 g/mol. The number of ketones is 1. The smallest absolute Gasteiger partial charge is 0.231 e. The summed E-state index contributed by atoms with van der Waals surface area (Å²) in [6, 6.07) is 7.45. The maximum Gasteiger partial charge on any atom is 0.231 e. The Hall–Kier alpha value is -1.59. The fourth-order valence-corrected chi connectivity index (χ4v) is 3.22. The topological polar surface area (TPSA) is 35.5 Å². The van der Waals surface area contributed by atoms with Crippen molar-refractivity contribution in [3.63, 3.8) is 0 Å². The zero-order valence-corrected chi connectivity index (χ0v) is 12.2. The van der Waals surface area contributed by atoms with Crippen molar-refractivity contribution in [3.05, 3.63) is 50.6 Å². The number of ether oxygens (including phenoxy) is 2. The first-order valence-corrected chi connectivity index (χ1v) is 7.26. The van der Waals surface area contributed by atoms with Crippen LogP contribution in [0.15, 0.2) is 40.2 Å². The van der Waals surface area contributed by atoms with Gasteiger partial charge in [0.05, 0.1) is 4.88 Å². The summed E-state index contributed by atoms with van der Waals surface area (Å²) < 4.78 is 11.4. The molecule has 2 aromatic rings. The van der Waals surface area contributed by atoms with Crippen molar-refractivity contribution in [1.82, 2.24) is 0 Å². The van der Waals surface area contributed by atoms with Gasteiger partial charge < -0.3 is 9.47 Å². The Balaban J connectivity index is 1.80. The molecule has 0 saturated carbocycles. The number of halogens is 1. The van der Waals surface area contributed by atoms with Crippen LogP contribution in [-0.2, 0) is 0 Å². The third-order valence-electron chi connectivity index (χ3n) is 2.66. The number of hydrogen-bond acceptors (Lipinski definition) is 4. The summed E-state index contributed by atoms with van der Waals surface area (Å²) >= 11 is 4.77. The molecule has 3 rings (SSSR count). The Labute approximate surface area is 122 Å². The highest BCUT2D eigenvalue weighted by Crippen LogP contribution is 2.33. The first-order chi connectivity index (χ1) is 9.24. The zero-order valence-electron chi connectivity index (χ0n) is 9.76. The van der Waals surface area contributed by atoms with Crippen LogP contribution in [0.25, 0.3) is 6.08 Å². The number of carbonyl (C=O) groups is 1. The molecule has 0 atom stereocenters. The van der Waals surface area contributed by atoms with Gasteiger partial charge in [0.1, 0.15) is 0 Å². The molecule has 1 aliphatic heterocycles. The number of fused-ring (bicyclic) bond motifs is 1. The number of carbonyl (C=O) groups excluding carboxylic acids is 1. The Morgan fingerprint density at radius 1 is 1.26 bits per heavy atom. The SMILES string of the molecule is O=C(/C=C/c1ccc2c(c1)OCO2)c1sccc1Br. The largest absolute Gasteiger partial charge is 0.454 e. The number of allylic oxidation sites excluding steroid dienone is 1. The molecule has 19 heavy (non-hydrogen) atoms. The highest BCUT2D eigenvalue weighted by atomic mass is 79.9. The van der Waals surface area contributed by atoms with E-state index in [0.29, 0.717) is 10.6 Å². The van der Waals surface area contributed by atoms with Crippen molar-refractivity contribution in [2.45, 2.75) is 0 Å². The van der Waals surface area contributed by atoms with E-state index in [-0.39, 0.29) is 12.6 Å². The molecule has 0 N–H and O–H groups in total. The van der Waals surface area contributed by atoms with E-state index in [1.54, 1.807) is 12.2 Å². The minimum atomic E-state index is -0.0143. The number of hydrogen-bond donors (Lipinski definition) is 0. The predicted molar refractivity (Wildman–Crippen MR) is 77.9 cm³/mol. The maximum absolute atomic E-state index is 12.0. The molecule has 2 heterocycles. The lowest BCUT2D eigenvalue weighted by atomic mass is 10.1. The molecule has 1 aliphatic rings. The average Bonchev–Trinajstić information content (AvgIpc) is 3.03. The quantitative estimate of drug-likeness (QED) is 0.624. The summed E-state index contributed by atoms with van der Waals surface area (Å²) in [5, 5.41) is 1.88. The van der Waals surface area contributed by atoms with Crippen LogP contribution in [-0.4, -0.2) is 12.6 Å². The summed E-state index contributed by atoms with van der Waals surface area (Å²) in [6.07, 6.45) is 3.34. The molecule has 0 radical (unpaired) electrons. The van der Waals surface area contributed by atoms with Gasteiger partial charge in [-0.2, -0.15) is 0 Å². The van der Waals surface area contributed by atoms with Crippen molar-refractivity contribution >= 4 is 39.1 Å². The second-order valence-electron chi connectivity index (χ2n) is 3.91. The fourth-order valence-electron chi connectivity index (χ4n) is 1.73. The fraction of sp³-hybridized carbons (Fsp3) is 0.0714. The summed E-state index contributed by atoms with van der Waals surface area (Å²) in [5.74, 6) is 1.44. The van der Waals surface area contributed by atoms with Gasteiger partial charge in [0.15, 0.2) is 17.3 Å². The molecule has 0 aliphatic carbocycles. The van der Waals surface area contributed by atoms with Crippen LogP contribution >= 0.6 is 27.3 Å². The molecule has 5 heteroatoms. The number of rotatable bonds is 3. The Kier molecular flexibility index (Phi) is 3.40. The molecule has 3 nitrogen and oxygen atoms in total. The standard InChI is InChI=1S/C14H9BrO3S/c15-10-5-6-19-14(10)11(16)3-1-9-2-4-12-13(7-9)18-8-17-12/h1-7H,8H2/b3-1+. The Morgan fingerprint density at radius 3 is 2.89 bits per heavy atom. The van der Waals surface area contributed by atoms with E-state index in [2.05, 4.69) is 15.9 Å². The van der Waals surface area contributed by atoms with Crippen molar-refractivity contribution < 1.29 is 14.3 Å². The van der Waals surface area contributed by atoms with E-state index in [1.807, 2.05) is 29.6 Å². The molecular formula is C14H9BrO3S. The minimum absolute atomic E-state index is 0.0143. The molecule has 1 aromatic carbocycles. The van der Waals surface area contributed by atoms with Crippen LogP contribution in [0.2, 0.25) is 0 Å². The van der Waals surface area contributed by atoms with Gasteiger partial charge in [-0.05, 0) is 51.1 Å². The minimum Gasteiger partial charge on any atom is -0.454 e. The van der Waals surface area contributed by atoms with Gasteiger partial charge in [0.25, 0.3) is 0 Å². The van der Waals surface area contributed by atoms with Crippen molar-refractivity contribution in [2.75, 3.05) is 6.79 Å². The van der Waals surface area contributed by atoms with Crippen LogP contribution in [0.3, 0.4) is 0 Å². The molecule has 0 amide bonds. The van der Waals surface area contributed by atoms with Gasteiger partial charge >= 0.3 is 0 Å². The lowest BCUT2D eigenvalue weighted by molar-refractivity contribution is 0.105. The third-order valence-corrected chi connectivity index (χ3v) is 4.52. The van der Waals surface area contributed by atoms with Gasteiger partial charge in [0.2, 0.25) is 6.79 Å². The molecule has 96 valence electrons. The van der Waals surface area contributed by atoms with Crippen LogP contribution in [0.5, 0.6) is 11.5 Å². The summed E-state index contributed by atoms with van der Waals surface area (Å²) in [4.78, 5) is 12.7. The van der Waals surface area contributed by atoms with Crippen molar-refractivity contribution in [2.24, 2.45) is 0 Å². The number of thiophene rings is 1. The summed E-state index contributed by atoms with van der Waals surface area (Å²) in [6.45, 7) is 0.254. The summed E-state index contributed by atoms with van der Waals surface area (Å²) in [5.41, 5.74) is 0.908. The van der Waals surface area contributed by atoms with E-state index < -0.39 is 0 Å². The Bertz CT molecular complexity index is 660. The Morgan fingerprint density at radius 2 is 2.11 bits per heavy atom. The van der Waals surface area contributed by atoms with Crippen LogP contribution in [0.1, 0.15) is 15.2 Å². The van der Waals surface area contributed by atoms with Gasteiger partial charge in [-0.15, -0.1) is 11.3 Å². The highest BCUT2D eigenvalue weighted by Gasteiger charge is 2.12. The highest BCUT2D eigenvalue weighted by molar-refractivity contribution is 9.10. The predicted octanol–water partition coefficient (Wildman–Crippen LogP) is 4.14. The first kappa shape index (κ1) is 12.4. The second-order valence-corrected chi connectivity index (χ2v) is 5.68. The lowest BCUT2D eigenvalue weighted by Crippen LogP contribution is -1.92. The van der Waals surface area contributed by atoms with Gasteiger partial charge in [-0.25, -0.2) is 0 Å². The normalized spacial score (nSPS) is 13.1. The molecule has 0 saturated heterocycles. The molecule has 0 unspecified atom stereocenters. The average molecular weight is 337 g/mol. The maximum atomic E-state index is 12.0. The van der Waals surface area contributed by atoms with Crippen LogP contribution < -0.4 is 9.47 Å². The first-order valence-electron chi connectivity index (χ1n) is 5.59. The molecule has 0 fully saturated rings. The van der Waals surface area contributed by atoms with E-state index in [0.717, 1.165) is 15.8 Å². The van der Waals surface area contributed by atoms with E-state index in [1.165, 1.54) is 11.3 Å². The molecule has 0 spiro atoms. The van der Waals surface area contributed by atoms with Crippen molar-refractivity contribution in [3.8, 4) is 11.5 Å². The molecule has 1 aromatic heterocycles. The van der Waals surface area contributed by atoms with Crippen LogP contribution in [0.4, 0.5) is 0 Å². The zero-order chi connectivity index (χ0) is 13.2. The molecule has 0 bridgehead atoms. The van der Waals surface area contributed by atoms with Gasteiger partial charge in [0, 0.05) is 4.47 Å². The van der Waals surface area contributed by atoms with E-state index in [9.17, 15) is 4.79 Å². The monoisotopic (exact) mass is 336 g/mol. The number of benzene rings is 1. The lowest BCUT2D eigenvalue weighted by Gasteiger charge is -1.97. The second kappa shape index (κ2) is 5.19.